The second kappa shape index (κ2) is 4.66. The molecule has 0 amide bonds. The molecule has 0 saturated heterocycles. The van der Waals surface area contributed by atoms with Crippen LogP contribution in [0.5, 0.6) is 0 Å². The molecule has 3 rings (SSSR count). The van der Waals surface area contributed by atoms with E-state index in [0.29, 0.717) is 5.92 Å². The Kier molecular flexibility index (Phi) is 2.85. The van der Waals surface area contributed by atoms with Gasteiger partial charge in [-0.3, -0.25) is 0 Å². The zero-order valence-electron chi connectivity index (χ0n) is 10.5. The molecule has 0 bridgehead atoms. The summed E-state index contributed by atoms with van der Waals surface area (Å²) in [5, 5.41) is 0. The smallest absolute Gasteiger partial charge is 0.00630 e. The van der Waals surface area contributed by atoms with Crippen molar-refractivity contribution in [1.29, 1.82) is 0 Å². The lowest BCUT2D eigenvalue weighted by atomic mass is 9.95. The summed E-state index contributed by atoms with van der Waals surface area (Å²) in [6, 6.07) is 21.2. The maximum absolute atomic E-state index is 2.34. The summed E-state index contributed by atoms with van der Waals surface area (Å²) in [7, 11) is 0. The third-order valence-corrected chi connectivity index (χ3v) is 3.32. The van der Waals surface area contributed by atoms with E-state index >= 15 is 0 Å². The van der Waals surface area contributed by atoms with Gasteiger partial charge in [0.15, 0.2) is 0 Å². The highest BCUT2D eigenvalue weighted by molar-refractivity contribution is 6.07. The molecule has 1 aliphatic carbocycles. The Labute approximate surface area is 108 Å². The van der Waals surface area contributed by atoms with Crippen molar-refractivity contribution in [3.8, 4) is 0 Å². The van der Waals surface area contributed by atoms with Gasteiger partial charge in [0, 0.05) is 0 Å². The fourth-order valence-electron chi connectivity index (χ4n) is 2.49. The van der Waals surface area contributed by atoms with Gasteiger partial charge in [0.25, 0.3) is 0 Å². The van der Waals surface area contributed by atoms with Gasteiger partial charge < -0.3 is 0 Å². The molecule has 0 nitrogen and oxygen atoms in total. The maximum atomic E-state index is 2.34. The lowest BCUT2D eigenvalue weighted by molar-refractivity contribution is 0.960. The van der Waals surface area contributed by atoms with Gasteiger partial charge in [0.05, 0.1) is 0 Å². The maximum Gasteiger partial charge on any atom is -0.00630 e. The van der Waals surface area contributed by atoms with Crippen molar-refractivity contribution in [3.63, 3.8) is 0 Å². The molecule has 18 heavy (non-hydrogen) atoms. The molecule has 0 atom stereocenters. The molecular weight excluding hydrogens is 216 g/mol. The predicted molar refractivity (Wildman–Crippen MR) is 78.0 cm³/mol. The summed E-state index contributed by atoms with van der Waals surface area (Å²) >= 11 is 0. The molecule has 0 fully saturated rings. The van der Waals surface area contributed by atoms with Crippen molar-refractivity contribution < 1.29 is 0 Å². The molecule has 2 aromatic carbocycles. The summed E-state index contributed by atoms with van der Waals surface area (Å²) in [5.41, 5.74) is 5.32. The van der Waals surface area contributed by atoms with Crippen molar-refractivity contribution in [2.24, 2.45) is 5.92 Å². The van der Waals surface area contributed by atoms with Gasteiger partial charge in [-0.05, 0) is 28.2 Å². The predicted octanol–water partition coefficient (Wildman–Crippen LogP) is 4.80. The minimum absolute atomic E-state index is 0.510. The zero-order chi connectivity index (χ0) is 12.4. The van der Waals surface area contributed by atoms with E-state index in [1.807, 2.05) is 0 Å². The average Bonchev–Trinajstić information content (AvgIpc) is 2.83. The molecule has 0 saturated carbocycles. The van der Waals surface area contributed by atoms with Gasteiger partial charge in [-0.15, -0.1) is 0 Å². The van der Waals surface area contributed by atoms with Gasteiger partial charge in [-0.2, -0.15) is 0 Å². The third kappa shape index (κ3) is 2.02. The topological polar surface area (TPSA) is 0 Å². The van der Waals surface area contributed by atoms with Gasteiger partial charge in [-0.25, -0.2) is 0 Å². The molecule has 88 valence electrons. The first-order valence-electron chi connectivity index (χ1n) is 6.39. The monoisotopic (exact) mass is 232 g/mol. The fourth-order valence-corrected chi connectivity index (χ4v) is 2.49. The molecule has 2 aromatic rings. The van der Waals surface area contributed by atoms with E-state index in [0.717, 1.165) is 0 Å². The Hall–Kier alpha value is -2.08. The molecule has 0 N–H and O–H groups in total. The Morgan fingerprint density at radius 2 is 1.00 bits per heavy atom. The molecule has 0 heteroatoms. The zero-order valence-corrected chi connectivity index (χ0v) is 10.5. The van der Waals surface area contributed by atoms with E-state index in [4.69, 9.17) is 0 Å². The first kappa shape index (κ1) is 11.0. The Morgan fingerprint density at radius 1 is 0.611 bits per heavy atom. The van der Waals surface area contributed by atoms with Crippen LogP contribution in [0.25, 0.3) is 11.1 Å². The van der Waals surface area contributed by atoms with Crippen LogP contribution in [-0.2, 0) is 0 Å². The largest absolute Gasteiger partial charge is 0.0694 e. The van der Waals surface area contributed by atoms with Crippen LogP contribution in [0.15, 0.2) is 72.8 Å². The summed E-state index contributed by atoms with van der Waals surface area (Å²) in [6.07, 6.45) is 4.69. The molecule has 0 spiro atoms. The van der Waals surface area contributed by atoms with Gasteiger partial charge >= 0.3 is 0 Å². The summed E-state index contributed by atoms with van der Waals surface area (Å²) in [6.45, 7) is 2.24. The van der Waals surface area contributed by atoms with Crippen molar-refractivity contribution in [3.05, 3.63) is 83.9 Å². The van der Waals surface area contributed by atoms with E-state index in [1.54, 1.807) is 0 Å². The van der Waals surface area contributed by atoms with Crippen molar-refractivity contribution in [2.45, 2.75) is 6.92 Å². The SMILES string of the molecule is CC1C=C(c2ccccc2)C(c2ccccc2)=C1. The Balaban J connectivity index is 2.06. The third-order valence-electron chi connectivity index (χ3n) is 3.32. The number of hydrogen-bond donors (Lipinski definition) is 0. The molecule has 0 heterocycles. The molecule has 0 aromatic heterocycles. The lowest BCUT2D eigenvalue weighted by Gasteiger charge is -2.09. The highest BCUT2D eigenvalue weighted by Crippen LogP contribution is 2.37. The average molecular weight is 232 g/mol. The van der Waals surface area contributed by atoms with E-state index in [2.05, 4.69) is 79.7 Å². The molecular formula is C18H16. The van der Waals surface area contributed by atoms with Gasteiger partial charge in [0.1, 0.15) is 0 Å². The van der Waals surface area contributed by atoms with Crippen molar-refractivity contribution in [2.75, 3.05) is 0 Å². The van der Waals surface area contributed by atoms with Gasteiger partial charge in [0.2, 0.25) is 0 Å². The first-order valence-corrected chi connectivity index (χ1v) is 6.39. The highest BCUT2D eigenvalue weighted by atomic mass is 14.2. The van der Waals surface area contributed by atoms with Crippen LogP contribution in [0.2, 0.25) is 0 Å². The van der Waals surface area contributed by atoms with E-state index in [9.17, 15) is 0 Å². The van der Waals surface area contributed by atoms with Crippen LogP contribution < -0.4 is 0 Å². The van der Waals surface area contributed by atoms with E-state index < -0.39 is 0 Å². The van der Waals surface area contributed by atoms with Crippen LogP contribution in [0.4, 0.5) is 0 Å². The summed E-state index contributed by atoms with van der Waals surface area (Å²) in [5.74, 6) is 0.510. The second-order valence-corrected chi connectivity index (χ2v) is 4.75. The first-order chi connectivity index (χ1) is 8.84. The Morgan fingerprint density at radius 3 is 1.39 bits per heavy atom. The standard InChI is InChI=1S/C18H16/c1-14-12-17(15-8-4-2-5-9-15)18(13-14)16-10-6-3-7-11-16/h2-14H,1H3. The van der Waals surface area contributed by atoms with E-state index in [-0.39, 0.29) is 0 Å². The molecule has 0 unspecified atom stereocenters. The number of allylic oxidation sites excluding steroid dienone is 4. The van der Waals surface area contributed by atoms with Crippen LogP contribution in [0, 0.1) is 5.92 Å². The Bertz CT molecular complexity index is 533. The lowest BCUT2D eigenvalue weighted by Crippen LogP contribution is -1.86. The number of benzene rings is 2. The number of hydrogen-bond acceptors (Lipinski definition) is 0. The minimum atomic E-state index is 0.510. The fraction of sp³-hybridized carbons (Fsp3) is 0.111. The van der Waals surface area contributed by atoms with Crippen LogP contribution in [0.1, 0.15) is 18.1 Å². The summed E-state index contributed by atoms with van der Waals surface area (Å²) in [4.78, 5) is 0. The normalized spacial score (nSPS) is 15.4. The second-order valence-electron chi connectivity index (χ2n) is 4.75. The van der Waals surface area contributed by atoms with Crippen LogP contribution >= 0.6 is 0 Å². The summed E-state index contributed by atoms with van der Waals surface area (Å²) < 4.78 is 0. The van der Waals surface area contributed by atoms with Gasteiger partial charge in [-0.1, -0.05) is 79.7 Å². The highest BCUT2D eigenvalue weighted by Gasteiger charge is 2.17. The molecule has 0 aliphatic heterocycles. The van der Waals surface area contributed by atoms with Crippen molar-refractivity contribution in [1.82, 2.24) is 0 Å². The molecule has 1 aliphatic rings. The molecule has 0 radical (unpaired) electrons. The number of rotatable bonds is 2. The quantitative estimate of drug-likeness (QED) is 0.697. The van der Waals surface area contributed by atoms with Crippen molar-refractivity contribution >= 4 is 11.1 Å². The minimum Gasteiger partial charge on any atom is -0.0694 e. The van der Waals surface area contributed by atoms with Crippen LogP contribution in [-0.4, -0.2) is 0 Å². The van der Waals surface area contributed by atoms with E-state index in [1.165, 1.54) is 22.3 Å². The van der Waals surface area contributed by atoms with Crippen LogP contribution in [0.3, 0.4) is 0 Å².